The number of hydrogen-bond donors (Lipinski definition) is 5. The first kappa shape index (κ1) is 32.0. The molecule has 5 N–H and O–H groups in total. The van der Waals surface area contributed by atoms with Gasteiger partial charge in [-0.25, -0.2) is 0 Å². The monoisotopic (exact) mass is 582 g/mol. The number of fused-ring (bicyclic) bond motifs is 3. The molecule has 0 aliphatic heterocycles. The largest absolute Gasteiger partial charge is 0.511 e. The lowest BCUT2D eigenvalue weighted by atomic mass is 9.41. The summed E-state index contributed by atoms with van der Waals surface area (Å²) in [6.45, 7) is 11.5. The highest BCUT2D eigenvalue weighted by atomic mass is 16.4. The second-order valence-electron chi connectivity index (χ2n) is 13.4. The Morgan fingerprint density at radius 2 is 1.60 bits per heavy atom. The number of ketones is 3. The lowest BCUT2D eigenvalue weighted by Gasteiger charge is -2.63. The Labute approximate surface area is 248 Å². The first-order chi connectivity index (χ1) is 19.6. The average Bonchev–Trinajstić information content (AvgIpc) is 2.91. The minimum absolute atomic E-state index is 0.0155. The molecule has 0 saturated heterocycles. The van der Waals surface area contributed by atoms with Gasteiger partial charge in [0.25, 0.3) is 0 Å². The number of Topliss-reactive ketones (excluding diaryl/α,β-unsaturated/α-hetero) is 3. The van der Waals surface area contributed by atoms with Crippen molar-refractivity contribution in [3.8, 4) is 5.75 Å². The van der Waals surface area contributed by atoms with Crippen LogP contribution >= 0.6 is 0 Å². The van der Waals surface area contributed by atoms with Crippen molar-refractivity contribution in [2.45, 2.75) is 111 Å². The van der Waals surface area contributed by atoms with Gasteiger partial charge in [0.05, 0.1) is 17.2 Å². The summed E-state index contributed by atoms with van der Waals surface area (Å²) in [5, 5.41) is 58.9. The van der Waals surface area contributed by atoms with Crippen LogP contribution in [0.1, 0.15) is 114 Å². The van der Waals surface area contributed by atoms with Gasteiger partial charge in [0.1, 0.15) is 22.8 Å². The summed E-state index contributed by atoms with van der Waals surface area (Å²) in [6, 6.07) is 3.57. The average molecular weight is 583 g/mol. The number of carbonyl (C=O) groups is 3. The molecule has 42 heavy (non-hydrogen) atoms. The molecule has 0 spiro atoms. The van der Waals surface area contributed by atoms with E-state index in [9.17, 15) is 39.9 Å². The first-order valence-corrected chi connectivity index (χ1v) is 15.3. The SMILES string of the molecule is CCCCCCCCc1ccc2c(c1O)C(=O)C1=C(O)[C@@]3(O)C(=O)C(C(C)=O)=C(O)C(C(C)C)[C@@]3(C)[C@H](O)[C@@]1(C)[C@@H]2C. The Balaban J connectivity index is 1.91. The van der Waals surface area contributed by atoms with Crippen LogP contribution in [0.4, 0.5) is 0 Å². The maximum atomic E-state index is 14.3. The van der Waals surface area contributed by atoms with Crippen molar-refractivity contribution in [1.82, 2.24) is 0 Å². The molecular weight excluding hydrogens is 536 g/mol. The van der Waals surface area contributed by atoms with Crippen LogP contribution in [-0.4, -0.2) is 54.6 Å². The van der Waals surface area contributed by atoms with Gasteiger partial charge in [-0.15, -0.1) is 0 Å². The molecule has 230 valence electrons. The quantitative estimate of drug-likeness (QED) is 0.181. The van der Waals surface area contributed by atoms with Gasteiger partial charge in [-0.3, -0.25) is 14.4 Å². The molecule has 0 saturated carbocycles. The maximum absolute atomic E-state index is 14.3. The van der Waals surface area contributed by atoms with Crippen molar-refractivity contribution in [3.63, 3.8) is 0 Å². The molecule has 6 atom stereocenters. The summed E-state index contributed by atoms with van der Waals surface area (Å²) in [7, 11) is 0. The number of allylic oxidation sites excluding steroid dienone is 1. The van der Waals surface area contributed by atoms with E-state index >= 15 is 0 Å². The number of aryl methyl sites for hydroxylation is 1. The number of unbranched alkanes of at least 4 members (excludes halogenated alkanes) is 5. The Morgan fingerprint density at radius 3 is 2.17 bits per heavy atom. The van der Waals surface area contributed by atoms with Crippen LogP contribution in [0, 0.1) is 22.7 Å². The Bertz CT molecular complexity index is 1390. The van der Waals surface area contributed by atoms with Crippen molar-refractivity contribution >= 4 is 17.3 Å². The van der Waals surface area contributed by atoms with Gasteiger partial charge < -0.3 is 25.5 Å². The molecular formula is C34H46O8. The van der Waals surface area contributed by atoms with Crippen molar-refractivity contribution < 1.29 is 39.9 Å². The molecule has 8 nitrogen and oxygen atoms in total. The van der Waals surface area contributed by atoms with Gasteiger partial charge in [0.2, 0.25) is 5.78 Å². The van der Waals surface area contributed by atoms with Crippen molar-refractivity contribution in [2.24, 2.45) is 22.7 Å². The molecule has 3 aliphatic rings. The highest BCUT2D eigenvalue weighted by molar-refractivity contribution is 6.25. The number of aliphatic hydroxyl groups excluding tert-OH is 3. The van der Waals surface area contributed by atoms with E-state index < -0.39 is 74.7 Å². The second-order valence-corrected chi connectivity index (χ2v) is 13.4. The van der Waals surface area contributed by atoms with Crippen molar-refractivity contribution in [3.05, 3.63) is 51.5 Å². The third-order valence-electron chi connectivity index (χ3n) is 10.7. The van der Waals surface area contributed by atoms with Gasteiger partial charge in [0.15, 0.2) is 17.2 Å². The van der Waals surface area contributed by atoms with Crippen LogP contribution in [0.15, 0.2) is 34.8 Å². The minimum Gasteiger partial charge on any atom is -0.511 e. The van der Waals surface area contributed by atoms with E-state index in [4.69, 9.17) is 0 Å². The number of phenolic OH excluding ortho intramolecular Hbond substituents is 1. The fraction of sp³-hybridized carbons (Fsp3) is 0.618. The summed E-state index contributed by atoms with van der Waals surface area (Å²) in [4.78, 5) is 40.7. The molecule has 0 fully saturated rings. The van der Waals surface area contributed by atoms with Crippen LogP contribution in [0.3, 0.4) is 0 Å². The summed E-state index contributed by atoms with van der Waals surface area (Å²) in [6.07, 6.45) is 5.31. The van der Waals surface area contributed by atoms with Gasteiger partial charge in [-0.2, -0.15) is 0 Å². The number of phenols is 1. The van der Waals surface area contributed by atoms with E-state index in [1.807, 2.05) is 0 Å². The van der Waals surface area contributed by atoms with E-state index in [-0.39, 0.29) is 16.9 Å². The zero-order valence-electron chi connectivity index (χ0n) is 25.9. The topological polar surface area (TPSA) is 152 Å². The lowest BCUT2D eigenvalue weighted by Crippen LogP contribution is -2.73. The molecule has 0 bridgehead atoms. The summed E-state index contributed by atoms with van der Waals surface area (Å²) < 4.78 is 0. The van der Waals surface area contributed by atoms with E-state index in [1.54, 1.807) is 39.8 Å². The number of aromatic hydroxyl groups is 1. The number of rotatable bonds is 9. The van der Waals surface area contributed by atoms with E-state index in [2.05, 4.69) is 6.92 Å². The minimum atomic E-state index is -2.87. The van der Waals surface area contributed by atoms with Crippen molar-refractivity contribution in [2.75, 3.05) is 0 Å². The van der Waals surface area contributed by atoms with Gasteiger partial charge >= 0.3 is 0 Å². The third kappa shape index (κ3) is 4.04. The first-order valence-electron chi connectivity index (χ1n) is 15.3. The molecule has 1 aromatic carbocycles. The van der Waals surface area contributed by atoms with Crippen LogP contribution in [0.25, 0.3) is 0 Å². The fourth-order valence-corrected chi connectivity index (χ4v) is 8.28. The summed E-state index contributed by atoms with van der Waals surface area (Å²) >= 11 is 0. The van der Waals surface area contributed by atoms with Crippen LogP contribution in [0.5, 0.6) is 5.75 Å². The molecule has 0 heterocycles. The van der Waals surface area contributed by atoms with Crippen LogP contribution < -0.4 is 0 Å². The molecule has 0 amide bonds. The number of hydrogen-bond acceptors (Lipinski definition) is 8. The summed E-state index contributed by atoms with van der Waals surface area (Å²) in [5.41, 5.74) is -6.24. The lowest BCUT2D eigenvalue weighted by molar-refractivity contribution is -0.211. The maximum Gasteiger partial charge on any atom is 0.209 e. The van der Waals surface area contributed by atoms with Gasteiger partial charge in [-0.1, -0.05) is 85.8 Å². The number of aliphatic hydroxyl groups is 4. The third-order valence-corrected chi connectivity index (χ3v) is 10.7. The van der Waals surface area contributed by atoms with Crippen molar-refractivity contribution in [1.29, 1.82) is 0 Å². The normalized spacial score (nSPS) is 32.7. The Morgan fingerprint density at radius 1 is 1.00 bits per heavy atom. The summed E-state index contributed by atoms with van der Waals surface area (Å²) in [5.74, 6) is -6.75. The number of benzene rings is 1. The predicted molar refractivity (Wildman–Crippen MR) is 158 cm³/mol. The zero-order valence-corrected chi connectivity index (χ0v) is 25.9. The molecule has 0 radical (unpaired) electrons. The molecule has 8 heteroatoms. The van der Waals surface area contributed by atoms with Crippen LogP contribution in [-0.2, 0) is 16.0 Å². The standard InChI is InChI=1S/C34H46O8/c1-8-9-10-11-12-13-14-20-15-16-21-18(4)32(6)25(28(38)23(21)26(20)36)30(40)34(42)29(39)22(19(5)35)27(37)24(17(2)3)33(34,7)31(32)41/h15-18,24,31,36-37,40-42H,8-14H2,1-7H3/t18-,24?,31-,32+,33+,34+/m1/s1. The molecule has 3 aliphatic carbocycles. The predicted octanol–water partition coefficient (Wildman–Crippen LogP) is 5.78. The second kappa shape index (κ2) is 10.9. The van der Waals surface area contributed by atoms with E-state index in [1.165, 1.54) is 13.3 Å². The highest BCUT2D eigenvalue weighted by Gasteiger charge is 2.76. The highest BCUT2D eigenvalue weighted by Crippen LogP contribution is 2.67. The van der Waals surface area contributed by atoms with E-state index in [0.29, 0.717) is 17.5 Å². The smallest absolute Gasteiger partial charge is 0.209 e. The van der Waals surface area contributed by atoms with Gasteiger partial charge in [0, 0.05) is 16.7 Å². The zero-order chi connectivity index (χ0) is 31.5. The molecule has 1 aromatic rings. The Kier molecular flexibility index (Phi) is 8.33. The molecule has 1 unspecified atom stereocenters. The fourth-order valence-electron chi connectivity index (χ4n) is 8.28. The number of carbonyl (C=O) groups excluding carboxylic acids is 3. The van der Waals surface area contributed by atoms with Crippen LogP contribution in [0.2, 0.25) is 0 Å². The Hall–Kier alpha value is -2.97. The van der Waals surface area contributed by atoms with Gasteiger partial charge in [-0.05, 0) is 42.7 Å². The molecule has 4 rings (SSSR count). The molecule has 0 aromatic heterocycles. The van der Waals surface area contributed by atoms with E-state index in [0.717, 1.165) is 39.0 Å².